The molecule has 1 aliphatic rings. The Labute approximate surface area is 147 Å². The van der Waals surface area contributed by atoms with Crippen molar-refractivity contribution >= 4 is 17.4 Å². The molecule has 1 aromatic carbocycles. The first-order chi connectivity index (χ1) is 12.2. The molecule has 1 aromatic heterocycles. The minimum absolute atomic E-state index is 0.0315. The van der Waals surface area contributed by atoms with E-state index in [1.54, 1.807) is 30.5 Å². The first kappa shape index (κ1) is 16.9. The first-order valence-corrected chi connectivity index (χ1v) is 8.38. The number of amides is 1. The molecule has 1 N–H and O–H groups in total. The SMILES string of the molecule is C[C@@H](C(=O)Nc1ccc(C#N)cc1)N1CCN(c2ccccn2)CC1. The summed E-state index contributed by atoms with van der Waals surface area (Å²) in [6.45, 7) is 5.27. The van der Waals surface area contributed by atoms with E-state index in [2.05, 4.69) is 26.2 Å². The van der Waals surface area contributed by atoms with Gasteiger partial charge in [0.1, 0.15) is 5.82 Å². The van der Waals surface area contributed by atoms with Gasteiger partial charge in [0, 0.05) is 38.1 Å². The van der Waals surface area contributed by atoms with Gasteiger partial charge in [0.2, 0.25) is 5.91 Å². The van der Waals surface area contributed by atoms with Gasteiger partial charge in [0.15, 0.2) is 0 Å². The predicted octanol–water partition coefficient (Wildman–Crippen LogP) is 2.10. The number of hydrogen-bond acceptors (Lipinski definition) is 5. The molecule has 0 unspecified atom stereocenters. The number of rotatable bonds is 4. The fourth-order valence-corrected chi connectivity index (χ4v) is 2.92. The molecule has 0 spiro atoms. The van der Waals surface area contributed by atoms with Crippen molar-refractivity contribution in [2.45, 2.75) is 13.0 Å². The topological polar surface area (TPSA) is 72.3 Å². The Morgan fingerprint density at radius 3 is 2.48 bits per heavy atom. The molecule has 1 saturated heterocycles. The highest BCUT2D eigenvalue weighted by Crippen LogP contribution is 2.15. The molecular formula is C19H21N5O. The van der Waals surface area contributed by atoms with E-state index < -0.39 is 0 Å². The van der Waals surface area contributed by atoms with Crippen LogP contribution < -0.4 is 10.2 Å². The molecule has 1 aliphatic heterocycles. The molecule has 128 valence electrons. The second-order valence-corrected chi connectivity index (χ2v) is 6.07. The summed E-state index contributed by atoms with van der Waals surface area (Å²) >= 11 is 0. The van der Waals surface area contributed by atoms with E-state index >= 15 is 0 Å². The molecule has 1 atom stereocenters. The smallest absolute Gasteiger partial charge is 0.241 e. The summed E-state index contributed by atoms with van der Waals surface area (Å²) in [5, 5.41) is 11.7. The molecule has 0 saturated carbocycles. The van der Waals surface area contributed by atoms with Crippen LogP contribution in [-0.2, 0) is 4.79 Å². The van der Waals surface area contributed by atoms with Crippen molar-refractivity contribution in [3.63, 3.8) is 0 Å². The lowest BCUT2D eigenvalue weighted by atomic mass is 10.2. The Bertz CT molecular complexity index is 746. The van der Waals surface area contributed by atoms with Crippen LogP contribution in [0.15, 0.2) is 48.7 Å². The Kier molecular flexibility index (Phi) is 5.26. The van der Waals surface area contributed by atoms with Crippen molar-refractivity contribution in [3.05, 3.63) is 54.2 Å². The second kappa shape index (κ2) is 7.77. The average molecular weight is 335 g/mol. The van der Waals surface area contributed by atoms with E-state index in [4.69, 9.17) is 5.26 Å². The van der Waals surface area contributed by atoms with Crippen molar-refractivity contribution in [3.8, 4) is 6.07 Å². The quantitative estimate of drug-likeness (QED) is 0.926. The average Bonchev–Trinajstić information content (AvgIpc) is 2.69. The molecule has 0 aliphatic carbocycles. The second-order valence-electron chi connectivity index (χ2n) is 6.07. The summed E-state index contributed by atoms with van der Waals surface area (Å²) in [7, 11) is 0. The zero-order valence-electron chi connectivity index (χ0n) is 14.2. The Morgan fingerprint density at radius 1 is 1.16 bits per heavy atom. The monoisotopic (exact) mass is 335 g/mol. The zero-order chi connectivity index (χ0) is 17.6. The highest BCUT2D eigenvalue weighted by atomic mass is 16.2. The molecule has 6 heteroatoms. The maximum Gasteiger partial charge on any atom is 0.241 e. The van der Waals surface area contributed by atoms with Crippen LogP contribution in [0, 0.1) is 11.3 Å². The molecule has 2 aromatic rings. The number of hydrogen-bond donors (Lipinski definition) is 1. The van der Waals surface area contributed by atoms with Crippen molar-refractivity contribution in [2.24, 2.45) is 0 Å². The number of nitrogens with zero attached hydrogens (tertiary/aromatic N) is 4. The third-order valence-corrected chi connectivity index (χ3v) is 4.50. The number of anilines is 2. The van der Waals surface area contributed by atoms with Crippen molar-refractivity contribution in [1.29, 1.82) is 5.26 Å². The van der Waals surface area contributed by atoms with Crippen LogP contribution in [0.25, 0.3) is 0 Å². The standard InChI is InChI=1S/C19H21N5O/c1-15(19(25)22-17-7-5-16(14-20)6-8-17)23-10-12-24(13-11-23)18-4-2-3-9-21-18/h2-9,15H,10-13H2,1H3,(H,22,25)/t15-/m0/s1. The number of nitriles is 1. The van der Waals surface area contributed by atoms with Gasteiger partial charge in [0.05, 0.1) is 17.7 Å². The van der Waals surface area contributed by atoms with E-state index in [1.807, 2.05) is 25.1 Å². The minimum Gasteiger partial charge on any atom is -0.354 e. The predicted molar refractivity (Wildman–Crippen MR) is 97.3 cm³/mol. The molecule has 1 fully saturated rings. The van der Waals surface area contributed by atoms with Crippen LogP contribution in [0.4, 0.5) is 11.5 Å². The highest BCUT2D eigenvalue weighted by molar-refractivity contribution is 5.94. The van der Waals surface area contributed by atoms with Crippen LogP contribution in [0.3, 0.4) is 0 Å². The van der Waals surface area contributed by atoms with E-state index in [0.29, 0.717) is 11.3 Å². The van der Waals surface area contributed by atoms with E-state index in [1.165, 1.54) is 0 Å². The summed E-state index contributed by atoms with van der Waals surface area (Å²) in [4.78, 5) is 21.3. The van der Waals surface area contributed by atoms with Gasteiger partial charge in [-0.1, -0.05) is 6.07 Å². The van der Waals surface area contributed by atoms with Crippen LogP contribution in [0.2, 0.25) is 0 Å². The Balaban J connectivity index is 1.54. The van der Waals surface area contributed by atoms with Crippen LogP contribution in [0.1, 0.15) is 12.5 Å². The van der Waals surface area contributed by atoms with Crippen molar-refractivity contribution in [1.82, 2.24) is 9.88 Å². The molecule has 3 rings (SSSR count). The largest absolute Gasteiger partial charge is 0.354 e. The van der Waals surface area contributed by atoms with Crippen LogP contribution in [0.5, 0.6) is 0 Å². The maximum absolute atomic E-state index is 12.5. The van der Waals surface area contributed by atoms with Gasteiger partial charge >= 0.3 is 0 Å². The van der Waals surface area contributed by atoms with Crippen molar-refractivity contribution < 1.29 is 4.79 Å². The number of carbonyl (C=O) groups excluding carboxylic acids is 1. The van der Waals surface area contributed by atoms with Gasteiger partial charge in [-0.15, -0.1) is 0 Å². The summed E-state index contributed by atoms with van der Waals surface area (Å²) in [5.41, 5.74) is 1.29. The van der Waals surface area contributed by atoms with Gasteiger partial charge in [-0.2, -0.15) is 5.26 Å². The third kappa shape index (κ3) is 4.14. The van der Waals surface area contributed by atoms with Gasteiger partial charge in [-0.25, -0.2) is 4.98 Å². The van der Waals surface area contributed by atoms with Gasteiger partial charge in [-0.3, -0.25) is 9.69 Å². The molecule has 25 heavy (non-hydrogen) atoms. The number of carbonyl (C=O) groups is 1. The summed E-state index contributed by atoms with van der Waals surface area (Å²) in [5.74, 6) is 0.952. The molecule has 0 radical (unpaired) electrons. The lowest BCUT2D eigenvalue weighted by Crippen LogP contribution is -2.53. The summed E-state index contributed by atoms with van der Waals surface area (Å²) in [6.07, 6.45) is 1.80. The van der Waals surface area contributed by atoms with Crippen molar-refractivity contribution in [2.75, 3.05) is 36.4 Å². The number of piperazine rings is 1. The molecule has 6 nitrogen and oxygen atoms in total. The summed E-state index contributed by atoms with van der Waals surface area (Å²) < 4.78 is 0. The van der Waals surface area contributed by atoms with Gasteiger partial charge in [-0.05, 0) is 43.3 Å². The van der Waals surface area contributed by atoms with E-state index in [9.17, 15) is 4.79 Å². The fraction of sp³-hybridized carbons (Fsp3) is 0.316. The molecular weight excluding hydrogens is 314 g/mol. The van der Waals surface area contributed by atoms with E-state index in [0.717, 1.165) is 32.0 Å². The molecule has 2 heterocycles. The molecule has 0 bridgehead atoms. The zero-order valence-corrected chi connectivity index (χ0v) is 14.2. The number of aromatic nitrogens is 1. The van der Waals surface area contributed by atoms with Gasteiger partial charge < -0.3 is 10.2 Å². The number of pyridine rings is 1. The minimum atomic E-state index is -0.207. The highest BCUT2D eigenvalue weighted by Gasteiger charge is 2.26. The normalized spacial score (nSPS) is 16.1. The maximum atomic E-state index is 12.5. The third-order valence-electron chi connectivity index (χ3n) is 4.50. The van der Waals surface area contributed by atoms with Gasteiger partial charge in [0.25, 0.3) is 0 Å². The van der Waals surface area contributed by atoms with E-state index in [-0.39, 0.29) is 11.9 Å². The first-order valence-electron chi connectivity index (χ1n) is 8.38. The number of nitrogens with one attached hydrogen (secondary N) is 1. The lowest BCUT2D eigenvalue weighted by Gasteiger charge is -2.37. The molecule has 1 amide bonds. The van der Waals surface area contributed by atoms with Crippen LogP contribution >= 0.6 is 0 Å². The lowest BCUT2D eigenvalue weighted by molar-refractivity contribution is -0.120. The van der Waals surface area contributed by atoms with Crippen LogP contribution in [-0.4, -0.2) is 48.0 Å². The fourth-order valence-electron chi connectivity index (χ4n) is 2.92. The number of benzene rings is 1. The Morgan fingerprint density at radius 2 is 1.88 bits per heavy atom. The Hall–Kier alpha value is -2.91. The summed E-state index contributed by atoms with van der Waals surface area (Å²) in [6, 6.07) is 14.7.